The lowest BCUT2D eigenvalue weighted by Crippen LogP contribution is -2.62. The van der Waals surface area contributed by atoms with Gasteiger partial charge in [-0.3, -0.25) is 9.69 Å². The Balaban J connectivity index is 1.59. The predicted octanol–water partition coefficient (Wildman–Crippen LogP) is 3.90. The molecule has 35 heavy (non-hydrogen) atoms. The van der Waals surface area contributed by atoms with Crippen molar-refractivity contribution < 1.29 is 13.5 Å². The van der Waals surface area contributed by atoms with Gasteiger partial charge in [-0.05, 0) is 31.0 Å². The number of nitrogens with zero attached hydrogens (tertiary/aromatic N) is 5. The van der Waals surface area contributed by atoms with Crippen molar-refractivity contribution in [2.24, 2.45) is 7.05 Å². The van der Waals surface area contributed by atoms with Crippen LogP contribution < -0.4 is 15.2 Å². The first-order chi connectivity index (χ1) is 16.9. The number of aryl methyl sites for hydroxylation is 1. The van der Waals surface area contributed by atoms with Gasteiger partial charge in [-0.15, -0.1) is 0 Å². The first-order valence-electron chi connectivity index (χ1n) is 11.9. The number of pyridine rings is 2. The lowest BCUT2D eigenvalue weighted by atomic mass is 9.94. The summed E-state index contributed by atoms with van der Waals surface area (Å²) in [7, 11) is 1.67. The maximum Gasteiger partial charge on any atom is 0.295 e. The molecule has 0 unspecified atom stereocenters. The van der Waals surface area contributed by atoms with Crippen LogP contribution in [0.2, 0.25) is 0 Å². The second-order valence-corrected chi connectivity index (χ2v) is 9.18. The topological polar surface area (TPSA) is 74.4 Å². The van der Waals surface area contributed by atoms with Gasteiger partial charge in [-0.1, -0.05) is 19.9 Å². The predicted molar refractivity (Wildman–Crippen MR) is 129 cm³/mol. The highest BCUT2D eigenvalue weighted by atomic mass is 19.1. The van der Waals surface area contributed by atoms with E-state index in [4.69, 9.17) is 4.74 Å². The minimum atomic E-state index is -0.590. The molecule has 182 valence electrons. The van der Waals surface area contributed by atoms with Crippen molar-refractivity contribution in [3.05, 3.63) is 63.6 Å². The summed E-state index contributed by atoms with van der Waals surface area (Å²) in [6, 6.07) is 8.96. The van der Waals surface area contributed by atoms with Crippen LogP contribution >= 0.6 is 0 Å². The van der Waals surface area contributed by atoms with Gasteiger partial charge < -0.3 is 14.2 Å². The summed E-state index contributed by atoms with van der Waals surface area (Å²) in [5, 5.41) is 9.42. The monoisotopic (exact) mass is 479 g/mol. The van der Waals surface area contributed by atoms with Crippen LogP contribution in [0.1, 0.15) is 44.0 Å². The molecular formula is C26H27F2N5O2. The molecule has 1 fully saturated rings. The molecule has 0 bridgehead atoms. The van der Waals surface area contributed by atoms with E-state index in [1.165, 1.54) is 16.7 Å². The summed E-state index contributed by atoms with van der Waals surface area (Å²) in [5.41, 5.74) is 2.32. The van der Waals surface area contributed by atoms with Crippen molar-refractivity contribution in [3.63, 3.8) is 0 Å². The van der Waals surface area contributed by atoms with Gasteiger partial charge >= 0.3 is 0 Å². The molecule has 0 amide bonds. The number of rotatable bonds is 4. The number of nitriles is 1. The third-order valence-corrected chi connectivity index (χ3v) is 7.31. The van der Waals surface area contributed by atoms with E-state index in [9.17, 15) is 18.8 Å². The summed E-state index contributed by atoms with van der Waals surface area (Å²) < 4.78 is 35.8. The fourth-order valence-electron chi connectivity index (χ4n) is 5.54. The molecule has 3 aromatic rings. The Morgan fingerprint density at radius 1 is 1.23 bits per heavy atom. The first-order valence-corrected chi connectivity index (χ1v) is 11.9. The Morgan fingerprint density at radius 2 is 2.03 bits per heavy atom. The molecule has 2 aliphatic heterocycles. The molecule has 7 nitrogen and oxygen atoms in total. The minimum Gasteiger partial charge on any atom is -0.484 e. The Hall–Kier alpha value is -3.51. The number of piperazine rings is 1. The summed E-state index contributed by atoms with van der Waals surface area (Å²) in [4.78, 5) is 22.1. The number of fused-ring (bicyclic) bond motifs is 5. The van der Waals surface area contributed by atoms with Crippen LogP contribution in [0.15, 0.2) is 35.1 Å². The van der Waals surface area contributed by atoms with Gasteiger partial charge in [0.1, 0.15) is 41.2 Å². The highest BCUT2D eigenvalue weighted by Gasteiger charge is 2.42. The van der Waals surface area contributed by atoms with Crippen LogP contribution in [0.4, 0.5) is 14.5 Å². The van der Waals surface area contributed by atoms with E-state index in [2.05, 4.69) is 27.8 Å². The molecule has 5 rings (SSSR count). The van der Waals surface area contributed by atoms with Crippen molar-refractivity contribution in [1.29, 1.82) is 5.26 Å². The molecule has 0 N–H and O–H groups in total. The molecule has 9 heteroatoms. The van der Waals surface area contributed by atoms with Gasteiger partial charge in [0.05, 0.1) is 11.6 Å². The van der Waals surface area contributed by atoms with Gasteiger partial charge in [0, 0.05) is 43.9 Å². The smallest absolute Gasteiger partial charge is 0.295 e. The Labute approximate surface area is 202 Å². The summed E-state index contributed by atoms with van der Waals surface area (Å²) in [6.45, 7) is 5.57. The second kappa shape index (κ2) is 8.93. The number of hydrogen-bond donors (Lipinski definition) is 0. The standard InChI is InChI=1S/C26H27F2N5O2/c1-4-17-12-33-18(13-32(17)21(5-2)19-8-6-15(27)10-20(19)28)14-35-25-24(33)23-22(31(3)26(25)34)9-7-16(11-29)30-23/h6-10,17-18,21H,4-5,12-14H2,1-3H3/t17-,18+,21-/m1/s1. The van der Waals surface area contributed by atoms with Crippen molar-refractivity contribution in [2.75, 3.05) is 24.6 Å². The van der Waals surface area contributed by atoms with Crippen molar-refractivity contribution >= 4 is 16.7 Å². The fourth-order valence-corrected chi connectivity index (χ4v) is 5.54. The van der Waals surface area contributed by atoms with Crippen molar-refractivity contribution in [1.82, 2.24) is 14.5 Å². The van der Waals surface area contributed by atoms with Gasteiger partial charge in [-0.2, -0.15) is 5.26 Å². The fraction of sp³-hybridized carbons (Fsp3) is 0.423. The third kappa shape index (κ3) is 3.73. The van der Waals surface area contributed by atoms with E-state index in [0.717, 1.165) is 12.5 Å². The molecule has 4 heterocycles. The zero-order valence-corrected chi connectivity index (χ0v) is 20.0. The number of benzene rings is 1. The molecule has 0 spiro atoms. The van der Waals surface area contributed by atoms with Gasteiger partial charge in [0.2, 0.25) is 5.75 Å². The molecule has 1 aromatic carbocycles. The Morgan fingerprint density at radius 3 is 2.71 bits per heavy atom. The average Bonchev–Trinajstić information content (AvgIpc) is 2.87. The maximum absolute atomic E-state index is 14.8. The maximum atomic E-state index is 14.8. The number of aromatic nitrogens is 2. The zero-order valence-electron chi connectivity index (χ0n) is 20.0. The Kier molecular flexibility index (Phi) is 5.93. The third-order valence-electron chi connectivity index (χ3n) is 7.31. The van der Waals surface area contributed by atoms with E-state index < -0.39 is 11.6 Å². The lowest BCUT2D eigenvalue weighted by molar-refractivity contribution is 0.0704. The highest BCUT2D eigenvalue weighted by molar-refractivity contribution is 5.93. The average molecular weight is 480 g/mol. The zero-order chi connectivity index (χ0) is 24.9. The van der Waals surface area contributed by atoms with Crippen LogP contribution in [-0.4, -0.2) is 46.2 Å². The van der Waals surface area contributed by atoms with E-state index in [1.807, 2.05) is 6.92 Å². The van der Waals surface area contributed by atoms with Crippen LogP contribution in [-0.2, 0) is 7.05 Å². The summed E-state index contributed by atoms with van der Waals surface area (Å²) >= 11 is 0. The van der Waals surface area contributed by atoms with Crippen LogP contribution in [0, 0.1) is 23.0 Å². The van der Waals surface area contributed by atoms with Crippen LogP contribution in [0.3, 0.4) is 0 Å². The number of anilines is 1. The van der Waals surface area contributed by atoms with E-state index in [0.29, 0.717) is 48.4 Å². The number of ether oxygens (including phenoxy) is 1. The van der Waals surface area contributed by atoms with Gasteiger partial charge in [-0.25, -0.2) is 13.8 Å². The van der Waals surface area contributed by atoms with Gasteiger partial charge in [0.15, 0.2) is 0 Å². The normalized spacial score (nSPS) is 20.6. The van der Waals surface area contributed by atoms with Crippen molar-refractivity contribution in [2.45, 2.75) is 44.8 Å². The number of hydrogen-bond acceptors (Lipinski definition) is 6. The molecule has 0 aliphatic carbocycles. The molecule has 1 saturated heterocycles. The highest BCUT2D eigenvalue weighted by Crippen LogP contribution is 2.41. The molecule has 0 radical (unpaired) electrons. The van der Waals surface area contributed by atoms with Crippen LogP contribution in [0.25, 0.3) is 11.0 Å². The van der Waals surface area contributed by atoms with Gasteiger partial charge in [0.25, 0.3) is 5.56 Å². The van der Waals surface area contributed by atoms with Crippen molar-refractivity contribution in [3.8, 4) is 11.8 Å². The minimum absolute atomic E-state index is 0.0601. The van der Waals surface area contributed by atoms with E-state index in [-0.39, 0.29) is 35.1 Å². The summed E-state index contributed by atoms with van der Waals surface area (Å²) in [6.07, 6.45) is 1.47. The molecular weight excluding hydrogens is 452 g/mol. The number of halogens is 2. The molecule has 2 aliphatic rings. The summed E-state index contributed by atoms with van der Waals surface area (Å²) in [5.74, 6) is -0.881. The second-order valence-electron chi connectivity index (χ2n) is 9.18. The van der Waals surface area contributed by atoms with Crippen LogP contribution in [0.5, 0.6) is 5.75 Å². The molecule has 0 saturated carbocycles. The Bertz CT molecular complexity index is 1400. The van der Waals surface area contributed by atoms with E-state index in [1.54, 1.807) is 19.2 Å². The first kappa shape index (κ1) is 23.2. The SMILES string of the molecule is CC[C@@H]1CN2c3c(c(=O)n(C)c4ccc(C#N)nc34)OC[C@@H]2CN1[C@H](CC)c1ccc(F)cc1F. The molecule has 3 atom stereocenters. The molecule has 2 aromatic heterocycles. The quantitative estimate of drug-likeness (QED) is 0.565. The van der Waals surface area contributed by atoms with E-state index >= 15 is 0 Å². The lowest BCUT2D eigenvalue weighted by Gasteiger charge is -2.51. The largest absolute Gasteiger partial charge is 0.484 e.